The number of allylic oxidation sites excluding steroid dienone is 5. The Morgan fingerprint density at radius 2 is 1.28 bits per heavy atom. The van der Waals surface area contributed by atoms with Gasteiger partial charge in [0.2, 0.25) is 0 Å². The maximum absolute atomic E-state index is 14.8. The van der Waals surface area contributed by atoms with Crippen LogP contribution in [0.2, 0.25) is 0 Å². The number of hydrogen-bond acceptors (Lipinski definition) is 9. The van der Waals surface area contributed by atoms with Crippen LogP contribution in [0.1, 0.15) is 91.4 Å². The zero-order valence-corrected chi connectivity index (χ0v) is 29.4. The fourth-order valence-electron chi connectivity index (χ4n) is 4.51. The van der Waals surface area contributed by atoms with E-state index in [1.165, 1.54) is 12.7 Å². The predicted molar refractivity (Wildman–Crippen MR) is 176 cm³/mol. The fraction of sp³-hybridized carbons (Fsp3) is 0.594. The van der Waals surface area contributed by atoms with E-state index < -0.39 is 26.1 Å². The lowest BCUT2D eigenvalue weighted by Gasteiger charge is -2.41. The van der Waals surface area contributed by atoms with Crippen molar-refractivity contribution < 1.29 is 36.8 Å². The smallest absolute Gasteiger partial charge is 0.349 e. The van der Waals surface area contributed by atoms with Gasteiger partial charge in [0.25, 0.3) is 0 Å². The Balaban J connectivity index is 3.68. The Morgan fingerprint density at radius 3 is 1.74 bits per heavy atom. The molecule has 1 aromatic rings. The van der Waals surface area contributed by atoms with Gasteiger partial charge in [-0.2, -0.15) is 0 Å². The van der Waals surface area contributed by atoms with E-state index in [1.54, 1.807) is 45.9 Å². The van der Waals surface area contributed by atoms with Crippen LogP contribution in [0.25, 0.3) is 0 Å². The summed E-state index contributed by atoms with van der Waals surface area (Å²) in [6, 6.07) is 7.07. The first-order valence-corrected chi connectivity index (χ1v) is 18.1. The van der Waals surface area contributed by atoms with E-state index in [-0.39, 0.29) is 39.3 Å². The standard InChI is InChI=1S/C32H53NO8P2/c1-10-38-42(35,39-11-2)32(43(36,40-12-3)41-13-4,23-21-27(7)18-16-17-26(5)6)24-22-28(8)25-33-30-20-15-14-19-29(30)31(34)37-9/h14-15,17,19-22,33H,10-13,16,18,23-25H2,1-9H3/b27-21+,28-22+. The molecule has 0 saturated heterocycles. The number of rotatable bonds is 21. The lowest BCUT2D eigenvalue weighted by Crippen LogP contribution is -2.33. The lowest BCUT2D eigenvalue weighted by atomic mass is 10.1. The van der Waals surface area contributed by atoms with Crippen LogP contribution >= 0.6 is 15.2 Å². The highest BCUT2D eigenvalue weighted by molar-refractivity contribution is 7.74. The second-order valence-corrected chi connectivity index (χ2v) is 15.5. The van der Waals surface area contributed by atoms with E-state index in [0.717, 1.165) is 24.0 Å². The molecule has 43 heavy (non-hydrogen) atoms. The van der Waals surface area contributed by atoms with E-state index in [4.69, 9.17) is 22.8 Å². The third-order valence-electron chi connectivity index (χ3n) is 6.75. The zero-order chi connectivity index (χ0) is 32.5. The molecule has 0 radical (unpaired) electrons. The van der Waals surface area contributed by atoms with Crippen LogP contribution in [0.3, 0.4) is 0 Å². The summed E-state index contributed by atoms with van der Waals surface area (Å²) >= 11 is 0. The summed E-state index contributed by atoms with van der Waals surface area (Å²) in [6.45, 7) is 15.7. The summed E-state index contributed by atoms with van der Waals surface area (Å²) in [6.07, 6.45) is 7.80. The molecule has 0 aliphatic rings. The van der Waals surface area contributed by atoms with Crippen molar-refractivity contribution in [3.8, 4) is 0 Å². The van der Waals surface area contributed by atoms with Crippen molar-refractivity contribution >= 4 is 26.8 Å². The summed E-state index contributed by atoms with van der Waals surface area (Å²) in [5, 5.41) is 3.28. The van der Waals surface area contributed by atoms with Gasteiger partial charge in [0.1, 0.15) is 0 Å². The molecule has 0 aliphatic carbocycles. The number of para-hydroxylation sites is 1. The molecule has 0 aliphatic heterocycles. The number of carbonyl (C=O) groups excluding carboxylic acids is 1. The molecule has 244 valence electrons. The summed E-state index contributed by atoms with van der Waals surface area (Å²) in [5.74, 6) is -0.445. The molecule has 1 N–H and O–H groups in total. The third kappa shape index (κ3) is 11.1. The van der Waals surface area contributed by atoms with Crippen LogP contribution in [-0.4, -0.2) is 50.9 Å². The van der Waals surface area contributed by atoms with Crippen LogP contribution in [0.5, 0.6) is 0 Å². The summed E-state index contributed by atoms with van der Waals surface area (Å²) in [7, 11) is -6.85. The van der Waals surface area contributed by atoms with Crippen molar-refractivity contribution in [2.75, 3.05) is 45.4 Å². The minimum Gasteiger partial charge on any atom is -0.465 e. The molecule has 1 aromatic carbocycles. The molecule has 0 amide bonds. The Morgan fingerprint density at radius 1 is 0.791 bits per heavy atom. The Hall–Kier alpha value is -1.99. The number of ether oxygens (including phenoxy) is 1. The van der Waals surface area contributed by atoms with Gasteiger partial charge >= 0.3 is 21.2 Å². The molecule has 0 fully saturated rings. The van der Waals surface area contributed by atoms with Crippen LogP contribution < -0.4 is 5.32 Å². The SMILES string of the molecule is CCOP(=O)(OCC)C(C/C=C(\C)CCC=C(C)C)(C/C=C(\C)CNc1ccccc1C(=O)OC)P(=O)(OCC)OCC. The highest BCUT2D eigenvalue weighted by atomic mass is 31.2. The second kappa shape index (κ2) is 19.4. The molecule has 11 heteroatoms. The maximum atomic E-state index is 14.8. The molecular weight excluding hydrogens is 588 g/mol. The second-order valence-electron chi connectivity index (χ2n) is 10.4. The quantitative estimate of drug-likeness (QED) is 0.0797. The average Bonchev–Trinajstić information content (AvgIpc) is 2.96. The Labute approximate surface area is 259 Å². The van der Waals surface area contributed by atoms with Gasteiger partial charge in [-0.25, -0.2) is 4.79 Å². The Kier molecular flexibility index (Phi) is 17.6. The monoisotopic (exact) mass is 641 g/mol. The van der Waals surface area contributed by atoms with Gasteiger partial charge in [0, 0.05) is 12.2 Å². The molecule has 1 rings (SSSR count). The van der Waals surface area contributed by atoms with Crippen molar-refractivity contribution in [1.29, 1.82) is 0 Å². The molecule has 0 saturated carbocycles. The third-order valence-corrected chi connectivity index (χ3v) is 13.4. The highest BCUT2D eigenvalue weighted by Crippen LogP contribution is 2.80. The molecular formula is C32H53NO8P2. The largest absolute Gasteiger partial charge is 0.465 e. The zero-order valence-electron chi connectivity index (χ0n) is 27.6. The van der Waals surface area contributed by atoms with E-state index >= 15 is 0 Å². The Bertz CT molecular complexity index is 1150. The van der Waals surface area contributed by atoms with E-state index in [0.29, 0.717) is 17.8 Å². The first-order valence-electron chi connectivity index (χ1n) is 15.0. The van der Waals surface area contributed by atoms with Crippen LogP contribution in [0.15, 0.2) is 59.2 Å². The summed E-state index contributed by atoms with van der Waals surface area (Å²) in [5.41, 5.74) is 4.18. The minimum atomic E-state index is -4.09. The maximum Gasteiger partial charge on any atom is 0.349 e. The van der Waals surface area contributed by atoms with Crippen LogP contribution in [-0.2, 0) is 32.0 Å². The number of carbonyl (C=O) groups is 1. The summed E-state index contributed by atoms with van der Waals surface area (Å²) < 4.78 is 58.1. The van der Waals surface area contributed by atoms with E-state index in [1.807, 2.05) is 32.1 Å². The average molecular weight is 642 g/mol. The van der Waals surface area contributed by atoms with Gasteiger partial charge in [-0.05, 0) is 93.2 Å². The van der Waals surface area contributed by atoms with Crippen molar-refractivity contribution in [2.45, 2.75) is 86.0 Å². The molecule has 0 bridgehead atoms. The molecule has 0 atom stereocenters. The van der Waals surface area contributed by atoms with Gasteiger partial charge in [0.15, 0.2) is 4.90 Å². The number of nitrogens with one attached hydrogen (secondary N) is 1. The van der Waals surface area contributed by atoms with Gasteiger partial charge in [-0.15, -0.1) is 0 Å². The first kappa shape index (κ1) is 39.0. The number of benzene rings is 1. The van der Waals surface area contributed by atoms with Crippen LogP contribution in [0.4, 0.5) is 5.69 Å². The number of esters is 1. The van der Waals surface area contributed by atoms with Crippen molar-refractivity contribution in [2.24, 2.45) is 0 Å². The number of anilines is 1. The molecule has 0 aromatic heterocycles. The lowest BCUT2D eigenvalue weighted by molar-refractivity contribution is 0.0601. The van der Waals surface area contributed by atoms with Gasteiger partial charge in [-0.3, -0.25) is 9.13 Å². The fourth-order valence-corrected chi connectivity index (χ4v) is 10.1. The molecule has 0 spiro atoms. The topological polar surface area (TPSA) is 109 Å². The molecule has 9 nitrogen and oxygen atoms in total. The number of hydrogen-bond donors (Lipinski definition) is 1. The van der Waals surface area contributed by atoms with Crippen LogP contribution in [0, 0.1) is 0 Å². The normalized spacial score (nSPS) is 13.1. The van der Waals surface area contributed by atoms with Gasteiger partial charge < -0.3 is 28.1 Å². The van der Waals surface area contributed by atoms with Gasteiger partial charge in [0.05, 0.1) is 39.1 Å². The van der Waals surface area contributed by atoms with Gasteiger partial charge in [-0.1, -0.05) is 47.1 Å². The minimum absolute atomic E-state index is 0.0471. The van der Waals surface area contributed by atoms with Crippen molar-refractivity contribution in [3.63, 3.8) is 0 Å². The molecule has 0 heterocycles. The van der Waals surface area contributed by atoms with Crippen molar-refractivity contribution in [3.05, 3.63) is 64.8 Å². The van der Waals surface area contributed by atoms with Crippen molar-refractivity contribution in [1.82, 2.24) is 0 Å². The van der Waals surface area contributed by atoms with E-state index in [2.05, 4.69) is 25.2 Å². The first-order chi connectivity index (χ1) is 20.4. The predicted octanol–water partition coefficient (Wildman–Crippen LogP) is 9.53. The van der Waals surface area contributed by atoms with E-state index in [9.17, 15) is 13.9 Å². The molecule has 0 unspecified atom stereocenters. The summed E-state index contributed by atoms with van der Waals surface area (Å²) in [4.78, 5) is 10.6. The highest BCUT2D eigenvalue weighted by Gasteiger charge is 2.64. The number of methoxy groups -OCH3 is 1.